The molecule has 20 heavy (non-hydrogen) atoms. The van der Waals surface area contributed by atoms with E-state index in [0.717, 1.165) is 25.8 Å². The number of hydrogen-bond acceptors (Lipinski definition) is 2. The Morgan fingerprint density at radius 3 is 2.70 bits per heavy atom. The molecule has 110 valence electrons. The van der Waals surface area contributed by atoms with Gasteiger partial charge in [-0.2, -0.15) is 0 Å². The highest BCUT2D eigenvalue weighted by Crippen LogP contribution is 2.18. The number of likely N-dealkylation sites (tertiary alicyclic amines) is 1. The van der Waals surface area contributed by atoms with Crippen molar-refractivity contribution in [1.82, 2.24) is 4.90 Å². The lowest BCUT2D eigenvalue weighted by atomic mass is 9.95. The van der Waals surface area contributed by atoms with Gasteiger partial charge >= 0.3 is 0 Å². The first-order valence-electron chi connectivity index (χ1n) is 7.57. The van der Waals surface area contributed by atoms with Gasteiger partial charge in [0.1, 0.15) is 0 Å². The maximum absolute atomic E-state index is 12.1. The van der Waals surface area contributed by atoms with Gasteiger partial charge in [-0.1, -0.05) is 36.8 Å². The molecule has 0 saturated carbocycles. The maximum atomic E-state index is 12.1. The Labute approximate surface area is 121 Å². The third-order valence-electron chi connectivity index (χ3n) is 4.25. The summed E-state index contributed by atoms with van der Waals surface area (Å²) in [7, 11) is 0. The number of aliphatic hydroxyl groups is 1. The minimum absolute atomic E-state index is 0.183. The van der Waals surface area contributed by atoms with E-state index in [-0.39, 0.29) is 12.0 Å². The molecule has 0 spiro atoms. The Kier molecular flexibility index (Phi) is 5.18. The molecule has 0 aliphatic carbocycles. The van der Waals surface area contributed by atoms with Crippen molar-refractivity contribution in [1.29, 1.82) is 0 Å². The van der Waals surface area contributed by atoms with Gasteiger partial charge in [0.25, 0.3) is 0 Å². The standard InChI is InChI=1S/C17H25NO2/c1-13-6-8-15(9-7-13)4-3-5-17(20)18-11-10-14(2)16(19)12-18/h6-9,14,16,19H,3-5,10-12H2,1-2H3. The van der Waals surface area contributed by atoms with Crippen LogP contribution in [0.3, 0.4) is 0 Å². The first-order valence-corrected chi connectivity index (χ1v) is 7.57. The van der Waals surface area contributed by atoms with Crippen LogP contribution in [0.15, 0.2) is 24.3 Å². The number of aliphatic hydroxyl groups excluding tert-OH is 1. The van der Waals surface area contributed by atoms with Crippen molar-refractivity contribution in [2.45, 2.75) is 45.6 Å². The topological polar surface area (TPSA) is 40.5 Å². The average molecular weight is 275 g/mol. The van der Waals surface area contributed by atoms with E-state index in [1.54, 1.807) is 0 Å². The number of carbonyl (C=O) groups excluding carboxylic acids is 1. The molecule has 0 radical (unpaired) electrons. The summed E-state index contributed by atoms with van der Waals surface area (Å²) in [5, 5.41) is 9.83. The third-order valence-corrected chi connectivity index (χ3v) is 4.25. The van der Waals surface area contributed by atoms with E-state index in [2.05, 4.69) is 31.2 Å². The summed E-state index contributed by atoms with van der Waals surface area (Å²) in [4.78, 5) is 13.9. The molecular formula is C17H25NO2. The first-order chi connectivity index (χ1) is 9.56. The number of nitrogens with zero attached hydrogens (tertiary/aromatic N) is 1. The molecular weight excluding hydrogens is 250 g/mol. The van der Waals surface area contributed by atoms with Gasteiger partial charge in [0, 0.05) is 19.5 Å². The largest absolute Gasteiger partial charge is 0.391 e. The number of rotatable bonds is 4. The van der Waals surface area contributed by atoms with Gasteiger partial charge in [-0.15, -0.1) is 0 Å². The van der Waals surface area contributed by atoms with Crippen molar-refractivity contribution in [2.24, 2.45) is 5.92 Å². The summed E-state index contributed by atoms with van der Waals surface area (Å²) in [6.45, 7) is 5.42. The smallest absolute Gasteiger partial charge is 0.222 e. The predicted molar refractivity (Wildman–Crippen MR) is 80.5 cm³/mol. The SMILES string of the molecule is Cc1ccc(CCCC(=O)N2CCC(C)C(O)C2)cc1. The molecule has 1 fully saturated rings. The molecule has 1 heterocycles. The second-order valence-corrected chi connectivity index (χ2v) is 6.01. The molecule has 0 bridgehead atoms. The van der Waals surface area contributed by atoms with Crippen molar-refractivity contribution in [3.63, 3.8) is 0 Å². The normalized spacial score (nSPS) is 22.9. The second kappa shape index (κ2) is 6.89. The molecule has 2 atom stereocenters. The lowest BCUT2D eigenvalue weighted by Crippen LogP contribution is -2.45. The molecule has 2 unspecified atom stereocenters. The van der Waals surface area contributed by atoms with Gasteiger partial charge in [-0.25, -0.2) is 0 Å². The van der Waals surface area contributed by atoms with Gasteiger partial charge in [-0.3, -0.25) is 4.79 Å². The van der Waals surface area contributed by atoms with Crippen molar-refractivity contribution in [2.75, 3.05) is 13.1 Å². The lowest BCUT2D eigenvalue weighted by Gasteiger charge is -2.34. The van der Waals surface area contributed by atoms with Crippen LogP contribution in [0.2, 0.25) is 0 Å². The number of aryl methyl sites for hydroxylation is 2. The minimum Gasteiger partial charge on any atom is -0.391 e. The predicted octanol–water partition coefficient (Wildman–Crippen LogP) is 2.55. The fraction of sp³-hybridized carbons (Fsp3) is 0.588. The average Bonchev–Trinajstić information content (AvgIpc) is 2.44. The van der Waals surface area contributed by atoms with E-state index in [0.29, 0.717) is 18.9 Å². The Balaban J connectivity index is 1.74. The second-order valence-electron chi connectivity index (χ2n) is 6.01. The quantitative estimate of drug-likeness (QED) is 0.917. The molecule has 3 heteroatoms. The van der Waals surface area contributed by atoms with E-state index in [4.69, 9.17) is 0 Å². The van der Waals surface area contributed by atoms with Crippen molar-refractivity contribution in [3.8, 4) is 0 Å². The molecule has 1 aromatic carbocycles. The van der Waals surface area contributed by atoms with E-state index in [1.165, 1.54) is 11.1 Å². The fourth-order valence-electron chi connectivity index (χ4n) is 2.63. The summed E-state index contributed by atoms with van der Waals surface area (Å²) in [6, 6.07) is 8.48. The summed E-state index contributed by atoms with van der Waals surface area (Å²) < 4.78 is 0. The molecule has 1 aliphatic rings. The molecule has 3 nitrogen and oxygen atoms in total. The van der Waals surface area contributed by atoms with Gasteiger partial charge in [0.05, 0.1) is 6.10 Å². The van der Waals surface area contributed by atoms with Crippen LogP contribution in [0, 0.1) is 12.8 Å². The van der Waals surface area contributed by atoms with E-state index < -0.39 is 0 Å². The highest BCUT2D eigenvalue weighted by atomic mass is 16.3. The van der Waals surface area contributed by atoms with Crippen LogP contribution in [0.4, 0.5) is 0 Å². The fourth-order valence-corrected chi connectivity index (χ4v) is 2.63. The highest BCUT2D eigenvalue weighted by molar-refractivity contribution is 5.76. The number of β-amino-alcohol motifs (C(OH)–C–C–N with tert-alkyl or cyclic N) is 1. The monoisotopic (exact) mass is 275 g/mol. The summed E-state index contributed by atoms with van der Waals surface area (Å²) in [6.07, 6.45) is 2.95. The molecule has 1 aromatic rings. The van der Waals surface area contributed by atoms with Crippen LogP contribution in [0.25, 0.3) is 0 Å². The Hall–Kier alpha value is -1.35. The lowest BCUT2D eigenvalue weighted by molar-refractivity contribution is -0.135. The first kappa shape index (κ1) is 15.0. The zero-order valence-electron chi connectivity index (χ0n) is 12.5. The van der Waals surface area contributed by atoms with Gasteiger partial charge in [0.2, 0.25) is 5.91 Å². The van der Waals surface area contributed by atoms with Crippen LogP contribution in [0.1, 0.15) is 37.3 Å². The van der Waals surface area contributed by atoms with Crippen molar-refractivity contribution in [3.05, 3.63) is 35.4 Å². The number of carbonyl (C=O) groups is 1. The highest BCUT2D eigenvalue weighted by Gasteiger charge is 2.26. The van der Waals surface area contributed by atoms with Crippen LogP contribution in [-0.4, -0.2) is 35.1 Å². The third kappa shape index (κ3) is 4.07. The van der Waals surface area contributed by atoms with E-state index in [9.17, 15) is 9.90 Å². The number of amides is 1. The Morgan fingerprint density at radius 2 is 2.05 bits per heavy atom. The van der Waals surface area contributed by atoms with Crippen molar-refractivity contribution >= 4 is 5.91 Å². The minimum atomic E-state index is -0.357. The van der Waals surface area contributed by atoms with Crippen LogP contribution >= 0.6 is 0 Å². The Bertz CT molecular complexity index is 441. The van der Waals surface area contributed by atoms with Crippen molar-refractivity contribution < 1.29 is 9.90 Å². The number of hydrogen-bond donors (Lipinski definition) is 1. The Morgan fingerprint density at radius 1 is 1.35 bits per heavy atom. The molecule has 1 amide bonds. The summed E-state index contributed by atoms with van der Waals surface area (Å²) in [5.41, 5.74) is 2.55. The summed E-state index contributed by atoms with van der Waals surface area (Å²) in [5.74, 6) is 0.495. The van der Waals surface area contributed by atoms with E-state index in [1.807, 2.05) is 11.8 Å². The van der Waals surface area contributed by atoms with Gasteiger partial charge in [-0.05, 0) is 37.7 Å². The zero-order chi connectivity index (χ0) is 14.5. The van der Waals surface area contributed by atoms with Crippen LogP contribution in [0.5, 0.6) is 0 Å². The maximum Gasteiger partial charge on any atom is 0.222 e. The van der Waals surface area contributed by atoms with Crippen LogP contribution in [-0.2, 0) is 11.2 Å². The zero-order valence-corrected chi connectivity index (χ0v) is 12.5. The molecule has 1 N–H and O–H groups in total. The molecule has 0 aromatic heterocycles. The van der Waals surface area contributed by atoms with E-state index >= 15 is 0 Å². The number of piperidine rings is 1. The summed E-state index contributed by atoms with van der Waals surface area (Å²) >= 11 is 0. The van der Waals surface area contributed by atoms with Gasteiger partial charge in [0.15, 0.2) is 0 Å². The number of benzene rings is 1. The van der Waals surface area contributed by atoms with Gasteiger partial charge < -0.3 is 10.0 Å². The molecule has 1 aliphatic heterocycles. The molecule has 1 saturated heterocycles. The molecule has 2 rings (SSSR count). The van der Waals surface area contributed by atoms with Crippen LogP contribution < -0.4 is 0 Å².